The maximum Gasteiger partial charge on any atom is 0.252 e. The first-order valence-corrected chi connectivity index (χ1v) is 10.9. The third-order valence-corrected chi connectivity index (χ3v) is 5.78. The van der Waals surface area contributed by atoms with Gasteiger partial charge >= 0.3 is 0 Å². The molecule has 0 unspecified atom stereocenters. The fraction of sp³-hybridized carbons (Fsp3) is 0.0357. The van der Waals surface area contributed by atoms with Crippen molar-refractivity contribution >= 4 is 44.9 Å². The summed E-state index contributed by atoms with van der Waals surface area (Å²) in [7, 11) is 0. The van der Waals surface area contributed by atoms with Gasteiger partial charge in [0.15, 0.2) is 0 Å². The van der Waals surface area contributed by atoms with E-state index in [1.807, 2.05) is 84.9 Å². The lowest BCUT2D eigenvalue weighted by atomic mass is 10.0. The van der Waals surface area contributed by atoms with Crippen molar-refractivity contribution in [3.8, 4) is 0 Å². The predicted octanol–water partition coefficient (Wildman–Crippen LogP) is 5.08. The molecule has 0 spiro atoms. The Morgan fingerprint density at radius 3 is 2.35 bits per heavy atom. The first-order chi connectivity index (χ1) is 16.6. The van der Waals surface area contributed by atoms with Crippen molar-refractivity contribution in [2.45, 2.75) is 6.04 Å². The zero-order valence-corrected chi connectivity index (χ0v) is 18.2. The number of nitrogens with two attached hydrogens (primary N) is 1. The van der Waals surface area contributed by atoms with Crippen LogP contribution in [0.25, 0.3) is 21.5 Å². The molecule has 0 saturated carbocycles. The lowest BCUT2D eigenvalue weighted by Crippen LogP contribution is -2.37. The topological polar surface area (TPSA) is 97.1 Å². The third-order valence-electron chi connectivity index (χ3n) is 5.78. The second-order valence-electron chi connectivity index (χ2n) is 7.97. The molecule has 4 aromatic carbocycles. The number of carbonyl (C=O) groups excluding carboxylic acids is 2. The van der Waals surface area contributed by atoms with Gasteiger partial charge in [-0.25, -0.2) is 4.98 Å². The highest BCUT2D eigenvalue weighted by atomic mass is 16.2. The molecule has 4 N–H and O–H groups in total. The Kier molecular flexibility index (Phi) is 5.62. The Morgan fingerprint density at radius 1 is 0.765 bits per heavy atom. The van der Waals surface area contributed by atoms with E-state index in [4.69, 9.17) is 5.73 Å². The quantitative estimate of drug-likeness (QED) is 0.351. The highest BCUT2D eigenvalue weighted by Gasteiger charge is 2.24. The van der Waals surface area contributed by atoms with E-state index < -0.39 is 6.04 Å². The number of benzene rings is 4. The molecule has 34 heavy (non-hydrogen) atoms. The summed E-state index contributed by atoms with van der Waals surface area (Å²) >= 11 is 0. The van der Waals surface area contributed by atoms with Crippen molar-refractivity contribution in [1.29, 1.82) is 0 Å². The van der Waals surface area contributed by atoms with Gasteiger partial charge in [-0.15, -0.1) is 0 Å². The molecule has 0 fully saturated rings. The zero-order chi connectivity index (χ0) is 23.5. The molecule has 0 aliphatic heterocycles. The van der Waals surface area contributed by atoms with Crippen molar-refractivity contribution in [2.24, 2.45) is 0 Å². The number of carbonyl (C=O) groups is 2. The summed E-state index contributed by atoms with van der Waals surface area (Å²) in [4.78, 5) is 30.7. The van der Waals surface area contributed by atoms with Crippen molar-refractivity contribution in [1.82, 2.24) is 10.3 Å². The average Bonchev–Trinajstić information content (AvgIpc) is 2.88. The summed E-state index contributed by atoms with van der Waals surface area (Å²) in [6, 6.07) is 28.9. The molecule has 0 saturated heterocycles. The van der Waals surface area contributed by atoms with Gasteiger partial charge < -0.3 is 16.4 Å². The zero-order valence-electron chi connectivity index (χ0n) is 18.2. The number of hydrogen-bond acceptors (Lipinski definition) is 4. The van der Waals surface area contributed by atoms with E-state index in [9.17, 15) is 9.59 Å². The van der Waals surface area contributed by atoms with Crippen LogP contribution in [0.5, 0.6) is 0 Å². The summed E-state index contributed by atoms with van der Waals surface area (Å²) in [5, 5.41) is 9.40. The molecule has 6 nitrogen and oxygen atoms in total. The van der Waals surface area contributed by atoms with Gasteiger partial charge in [-0.2, -0.15) is 0 Å². The van der Waals surface area contributed by atoms with Gasteiger partial charge in [-0.05, 0) is 40.6 Å². The van der Waals surface area contributed by atoms with Gasteiger partial charge in [0.1, 0.15) is 11.9 Å². The van der Waals surface area contributed by atoms with E-state index in [2.05, 4.69) is 15.6 Å². The number of rotatable bonds is 5. The number of nitrogens with one attached hydrogen (secondary N) is 2. The number of aromatic nitrogens is 1. The van der Waals surface area contributed by atoms with Crippen LogP contribution in [0.2, 0.25) is 0 Å². The van der Waals surface area contributed by atoms with Crippen molar-refractivity contribution in [3.05, 3.63) is 114 Å². The van der Waals surface area contributed by atoms with E-state index in [1.54, 1.807) is 18.3 Å². The minimum atomic E-state index is -0.894. The number of pyridine rings is 1. The van der Waals surface area contributed by atoms with Crippen LogP contribution < -0.4 is 16.4 Å². The summed E-state index contributed by atoms with van der Waals surface area (Å²) in [6.07, 6.45) is 1.63. The highest BCUT2D eigenvalue weighted by molar-refractivity contribution is 6.07. The summed E-state index contributed by atoms with van der Waals surface area (Å²) in [5.74, 6) is -0.370. The third kappa shape index (κ3) is 4.17. The number of hydrogen-bond donors (Lipinski definition) is 3. The number of fused-ring (bicyclic) bond motifs is 2. The fourth-order valence-corrected chi connectivity index (χ4v) is 4.03. The van der Waals surface area contributed by atoms with E-state index >= 15 is 0 Å². The van der Waals surface area contributed by atoms with E-state index in [0.717, 1.165) is 16.2 Å². The Morgan fingerprint density at radius 2 is 1.50 bits per heavy atom. The molecule has 5 rings (SSSR count). The molecule has 0 aliphatic rings. The number of nitrogens with zero attached hydrogens (tertiary/aromatic N) is 1. The molecular weight excluding hydrogens is 424 g/mol. The van der Waals surface area contributed by atoms with E-state index in [1.165, 1.54) is 0 Å². The van der Waals surface area contributed by atoms with Crippen LogP contribution in [0, 0.1) is 0 Å². The number of amides is 2. The van der Waals surface area contributed by atoms with Gasteiger partial charge in [0.2, 0.25) is 0 Å². The van der Waals surface area contributed by atoms with Gasteiger partial charge in [0.25, 0.3) is 11.8 Å². The van der Waals surface area contributed by atoms with Gasteiger partial charge in [-0.3, -0.25) is 9.59 Å². The smallest absolute Gasteiger partial charge is 0.252 e. The summed E-state index contributed by atoms with van der Waals surface area (Å²) in [6.45, 7) is 0. The normalized spacial score (nSPS) is 11.8. The monoisotopic (exact) mass is 446 g/mol. The van der Waals surface area contributed by atoms with Gasteiger partial charge in [0.05, 0.1) is 0 Å². The lowest BCUT2D eigenvalue weighted by Gasteiger charge is -2.20. The molecule has 6 heteroatoms. The molecule has 0 aliphatic carbocycles. The van der Waals surface area contributed by atoms with Crippen LogP contribution in [0.4, 0.5) is 11.5 Å². The second kappa shape index (κ2) is 9.03. The van der Waals surface area contributed by atoms with Crippen molar-refractivity contribution < 1.29 is 9.59 Å². The minimum absolute atomic E-state index is 0.335. The predicted molar refractivity (Wildman–Crippen MR) is 135 cm³/mol. The van der Waals surface area contributed by atoms with Crippen molar-refractivity contribution in [2.75, 3.05) is 11.1 Å². The fourth-order valence-electron chi connectivity index (χ4n) is 4.03. The molecule has 1 heterocycles. The maximum atomic E-state index is 13.4. The number of nitrogen functional groups attached to an aromatic ring is 1. The van der Waals surface area contributed by atoms with E-state index in [0.29, 0.717) is 28.0 Å². The largest absolute Gasteiger partial charge is 0.383 e. The maximum absolute atomic E-state index is 13.4. The molecule has 0 bridgehead atoms. The molecular formula is C28H22N4O2. The van der Waals surface area contributed by atoms with Crippen LogP contribution in [0.1, 0.15) is 22.0 Å². The molecule has 1 aromatic heterocycles. The summed E-state index contributed by atoms with van der Waals surface area (Å²) < 4.78 is 0. The van der Waals surface area contributed by atoms with Gasteiger partial charge in [-0.1, -0.05) is 72.8 Å². The van der Waals surface area contributed by atoms with Crippen LogP contribution in [0.15, 0.2) is 103 Å². The first-order valence-electron chi connectivity index (χ1n) is 10.9. The second-order valence-corrected chi connectivity index (χ2v) is 7.97. The SMILES string of the molecule is Nc1nccc2ccc(C(=O)N[C@@H](C(=O)Nc3cccc4ccccc34)c3ccccc3)cc12. The van der Waals surface area contributed by atoms with Crippen LogP contribution in [-0.2, 0) is 4.79 Å². The Labute approximate surface area is 196 Å². The summed E-state index contributed by atoms with van der Waals surface area (Å²) in [5.41, 5.74) is 7.74. The van der Waals surface area contributed by atoms with Crippen LogP contribution in [-0.4, -0.2) is 16.8 Å². The first kappa shape index (κ1) is 21.2. The van der Waals surface area contributed by atoms with Crippen molar-refractivity contribution in [3.63, 3.8) is 0 Å². The Balaban J connectivity index is 1.46. The average molecular weight is 447 g/mol. The van der Waals surface area contributed by atoms with Crippen LogP contribution in [0.3, 0.4) is 0 Å². The molecule has 166 valence electrons. The van der Waals surface area contributed by atoms with Crippen LogP contribution >= 0.6 is 0 Å². The molecule has 2 amide bonds. The standard InChI is InChI=1S/C28H22N4O2/c29-26-23-17-21(14-13-19(23)15-16-30-26)27(33)32-25(20-8-2-1-3-9-20)28(34)31-24-12-6-10-18-7-4-5-11-22(18)24/h1-17,25H,(H2,29,30)(H,31,34)(H,32,33)/t25-/m1/s1. The lowest BCUT2D eigenvalue weighted by molar-refractivity contribution is -0.118. The Hall–Kier alpha value is -4.71. The molecule has 0 radical (unpaired) electrons. The number of anilines is 2. The minimum Gasteiger partial charge on any atom is -0.383 e. The molecule has 5 aromatic rings. The Bertz CT molecular complexity index is 1510. The van der Waals surface area contributed by atoms with Gasteiger partial charge in [0, 0.05) is 28.2 Å². The van der Waals surface area contributed by atoms with E-state index in [-0.39, 0.29) is 11.8 Å². The highest BCUT2D eigenvalue weighted by Crippen LogP contribution is 2.25. The molecule has 1 atom stereocenters.